The minimum atomic E-state index is -5.12. The molecular formula is C24H32F3N5O4. The number of carbonyl (C=O) groups excluding carboxylic acids is 4. The van der Waals surface area contributed by atoms with Crippen LogP contribution in [0.3, 0.4) is 0 Å². The Morgan fingerprint density at radius 1 is 1.19 bits per heavy atom. The lowest BCUT2D eigenvalue weighted by Gasteiger charge is -2.33. The van der Waals surface area contributed by atoms with E-state index in [1.54, 1.807) is 0 Å². The highest BCUT2D eigenvalue weighted by molar-refractivity contribution is 5.95. The summed E-state index contributed by atoms with van der Waals surface area (Å²) in [4.78, 5) is 51.9. The van der Waals surface area contributed by atoms with Crippen molar-refractivity contribution in [2.75, 3.05) is 6.54 Å². The molecule has 2 heterocycles. The van der Waals surface area contributed by atoms with Crippen LogP contribution >= 0.6 is 0 Å². The molecule has 12 heteroatoms. The lowest BCUT2D eigenvalue weighted by molar-refractivity contribution is -0.175. The smallest absolute Gasteiger partial charge is 0.351 e. The summed E-state index contributed by atoms with van der Waals surface area (Å²) in [7, 11) is 0. The second-order valence-electron chi connectivity index (χ2n) is 11.9. The van der Waals surface area contributed by atoms with Crippen molar-refractivity contribution in [2.24, 2.45) is 29.1 Å². The van der Waals surface area contributed by atoms with Crippen LogP contribution in [0, 0.1) is 40.4 Å². The van der Waals surface area contributed by atoms with Crippen molar-refractivity contribution in [2.45, 2.75) is 83.2 Å². The number of carbonyl (C=O) groups is 4. The Hall–Kier alpha value is -2.84. The van der Waals surface area contributed by atoms with Gasteiger partial charge in [-0.1, -0.05) is 13.8 Å². The van der Waals surface area contributed by atoms with Crippen LogP contribution in [0.1, 0.15) is 53.4 Å². The number of rotatable bonds is 7. The number of nitriles is 1. The van der Waals surface area contributed by atoms with Crippen LogP contribution in [0.4, 0.5) is 13.2 Å². The first-order valence-corrected chi connectivity index (χ1v) is 12.3. The average Bonchev–Trinajstić information content (AvgIpc) is 3.59. The zero-order valence-electron chi connectivity index (χ0n) is 20.7. The van der Waals surface area contributed by atoms with Gasteiger partial charge in [-0.25, -0.2) is 0 Å². The van der Waals surface area contributed by atoms with Crippen LogP contribution in [-0.2, 0) is 19.2 Å². The highest BCUT2D eigenvalue weighted by Crippen LogP contribution is 2.65. The second-order valence-corrected chi connectivity index (χ2v) is 11.9. The molecule has 0 aromatic rings. The molecule has 2 aliphatic carbocycles. The van der Waals surface area contributed by atoms with Gasteiger partial charge in [-0.05, 0) is 62.7 Å². The lowest BCUT2D eigenvalue weighted by atomic mass is 9.91. The number of alkyl halides is 3. The van der Waals surface area contributed by atoms with Gasteiger partial charge >= 0.3 is 12.1 Å². The van der Waals surface area contributed by atoms with Gasteiger partial charge in [0.05, 0.1) is 6.07 Å². The largest absolute Gasteiger partial charge is 0.471 e. The van der Waals surface area contributed by atoms with Gasteiger partial charge in [-0.15, -0.1) is 0 Å². The fourth-order valence-electron chi connectivity index (χ4n) is 6.10. The molecular weight excluding hydrogens is 479 g/mol. The summed E-state index contributed by atoms with van der Waals surface area (Å²) >= 11 is 0. The standard InChI is InChI=1S/C24H32F3N5O4/c1-22(2)8-12(18(33)31-22)7-13(9-28)29-19(34)17-15-14(23(15,3)4)10-32(17)20(35)16(11-5-6-11)30-21(36)24(25,26)27/h11-17H,5-8,10H2,1-4H3,(H,29,34)(H,30,36)(H,31,33)/t12-,13+,14?,15?,16+,17?/m1/s1. The molecule has 2 aliphatic heterocycles. The summed E-state index contributed by atoms with van der Waals surface area (Å²) in [5.74, 6) is -4.73. The van der Waals surface area contributed by atoms with E-state index in [1.807, 2.05) is 39.1 Å². The molecule has 4 aliphatic rings. The van der Waals surface area contributed by atoms with Crippen molar-refractivity contribution in [1.29, 1.82) is 5.26 Å². The molecule has 0 bridgehead atoms. The number of fused-ring (bicyclic) bond motifs is 1. The number of hydrogen-bond acceptors (Lipinski definition) is 5. The maximum atomic E-state index is 13.4. The van der Waals surface area contributed by atoms with Crippen LogP contribution in [0.2, 0.25) is 0 Å². The third kappa shape index (κ3) is 4.89. The van der Waals surface area contributed by atoms with Gasteiger partial charge in [-0.2, -0.15) is 18.4 Å². The first-order valence-electron chi connectivity index (χ1n) is 12.3. The number of nitrogens with zero attached hydrogens (tertiary/aromatic N) is 2. The third-order valence-electron chi connectivity index (χ3n) is 8.25. The zero-order chi connectivity index (χ0) is 26.8. The molecule has 4 fully saturated rings. The normalized spacial score (nSPS) is 31.5. The Labute approximate surface area is 207 Å². The van der Waals surface area contributed by atoms with E-state index >= 15 is 0 Å². The molecule has 3 unspecified atom stereocenters. The molecule has 3 N–H and O–H groups in total. The van der Waals surface area contributed by atoms with E-state index in [0.717, 1.165) is 0 Å². The molecule has 0 aromatic heterocycles. The second kappa shape index (κ2) is 8.63. The third-order valence-corrected chi connectivity index (χ3v) is 8.25. The molecule has 2 saturated heterocycles. The predicted octanol–water partition coefficient (Wildman–Crippen LogP) is 1.24. The number of piperidine rings is 1. The topological polar surface area (TPSA) is 131 Å². The van der Waals surface area contributed by atoms with Crippen LogP contribution in [0.15, 0.2) is 0 Å². The highest BCUT2D eigenvalue weighted by Gasteiger charge is 2.70. The zero-order valence-corrected chi connectivity index (χ0v) is 20.7. The van der Waals surface area contributed by atoms with Gasteiger partial charge in [0.1, 0.15) is 18.1 Å². The number of amides is 4. The fourth-order valence-corrected chi connectivity index (χ4v) is 6.10. The minimum absolute atomic E-state index is 0.0164. The first kappa shape index (κ1) is 26.2. The molecule has 36 heavy (non-hydrogen) atoms. The quantitative estimate of drug-likeness (QED) is 0.473. The van der Waals surface area contributed by atoms with Gasteiger partial charge in [0, 0.05) is 18.0 Å². The van der Waals surface area contributed by atoms with Gasteiger partial charge in [0.25, 0.3) is 0 Å². The van der Waals surface area contributed by atoms with E-state index in [2.05, 4.69) is 10.6 Å². The van der Waals surface area contributed by atoms with Gasteiger partial charge in [-0.3, -0.25) is 19.2 Å². The molecule has 0 spiro atoms. The van der Waals surface area contributed by atoms with Crippen LogP contribution in [-0.4, -0.2) is 64.9 Å². The minimum Gasteiger partial charge on any atom is -0.351 e. The monoisotopic (exact) mass is 511 g/mol. The highest BCUT2D eigenvalue weighted by atomic mass is 19.4. The SMILES string of the molecule is CC1(C)C[C@@H](C[C@@H](C#N)NC(=O)C2C3C(CN2C(=O)[C@@H](NC(=O)C(F)(F)F)C2CC2)C3(C)C)C(=O)N1. The van der Waals surface area contributed by atoms with Crippen molar-refractivity contribution < 1.29 is 32.3 Å². The number of nitrogens with one attached hydrogen (secondary N) is 3. The van der Waals surface area contributed by atoms with Crippen molar-refractivity contribution in [3.63, 3.8) is 0 Å². The van der Waals surface area contributed by atoms with Gasteiger partial charge in [0.2, 0.25) is 17.7 Å². The lowest BCUT2D eigenvalue weighted by Crippen LogP contribution is -2.58. The van der Waals surface area contributed by atoms with Crippen molar-refractivity contribution >= 4 is 23.6 Å². The maximum Gasteiger partial charge on any atom is 0.471 e. The summed E-state index contributed by atoms with van der Waals surface area (Å²) in [6, 6.07) is -1.27. The van der Waals surface area contributed by atoms with E-state index in [-0.39, 0.29) is 36.1 Å². The van der Waals surface area contributed by atoms with Gasteiger partial charge < -0.3 is 20.9 Å². The Morgan fingerprint density at radius 2 is 1.83 bits per heavy atom. The van der Waals surface area contributed by atoms with Crippen LogP contribution < -0.4 is 16.0 Å². The molecule has 6 atom stereocenters. The summed E-state index contributed by atoms with van der Waals surface area (Å²) in [6.07, 6.45) is -3.49. The van der Waals surface area contributed by atoms with Crippen molar-refractivity contribution in [1.82, 2.24) is 20.9 Å². The molecule has 0 radical (unpaired) electrons. The summed E-state index contributed by atoms with van der Waals surface area (Å²) in [6.45, 7) is 7.85. The predicted molar refractivity (Wildman–Crippen MR) is 119 cm³/mol. The summed E-state index contributed by atoms with van der Waals surface area (Å²) < 4.78 is 38.6. The molecule has 0 aromatic carbocycles. The number of likely N-dealkylation sites (tertiary alicyclic amines) is 1. The van der Waals surface area contributed by atoms with E-state index in [0.29, 0.717) is 19.3 Å². The summed E-state index contributed by atoms with van der Waals surface area (Å²) in [5.41, 5.74) is -0.662. The van der Waals surface area contributed by atoms with Gasteiger partial charge in [0.15, 0.2) is 0 Å². The molecule has 4 amide bonds. The molecule has 198 valence electrons. The molecule has 9 nitrogen and oxygen atoms in total. The molecule has 4 rings (SSSR count). The number of hydrogen-bond donors (Lipinski definition) is 3. The first-order chi connectivity index (χ1) is 16.6. The maximum absolute atomic E-state index is 13.4. The Bertz CT molecular complexity index is 1020. The van der Waals surface area contributed by atoms with E-state index in [4.69, 9.17) is 0 Å². The molecule has 2 saturated carbocycles. The van der Waals surface area contributed by atoms with Crippen LogP contribution in [0.25, 0.3) is 0 Å². The summed E-state index contributed by atoms with van der Waals surface area (Å²) in [5, 5.41) is 17.0. The van der Waals surface area contributed by atoms with E-state index < -0.39 is 59.4 Å². The Morgan fingerprint density at radius 3 is 2.33 bits per heavy atom. The van der Waals surface area contributed by atoms with Crippen LogP contribution in [0.5, 0.6) is 0 Å². The Balaban J connectivity index is 1.48. The van der Waals surface area contributed by atoms with E-state index in [9.17, 15) is 37.6 Å². The van der Waals surface area contributed by atoms with Crippen molar-refractivity contribution in [3.8, 4) is 6.07 Å². The fraction of sp³-hybridized carbons (Fsp3) is 0.792. The average molecular weight is 512 g/mol. The number of halogens is 3. The van der Waals surface area contributed by atoms with E-state index in [1.165, 1.54) is 4.90 Å². The van der Waals surface area contributed by atoms with Crippen molar-refractivity contribution in [3.05, 3.63) is 0 Å². The Kier molecular flexibility index (Phi) is 6.29.